The Balaban J connectivity index is 0.00000132. The van der Waals surface area contributed by atoms with Crippen LogP contribution in [0, 0.1) is 5.92 Å². The summed E-state index contributed by atoms with van der Waals surface area (Å²) in [6, 6.07) is 16.6. The quantitative estimate of drug-likeness (QED) is 0.889. The van der Waals surface area contributed by atoms with Gasteiger partial charge in [0.05, 0.1) is 18.4 Å². The van der Waals surface area contributed by atoms with E-state index in [1.807, 2.05) is 24.4 Å². The second kappa shape index (κ2) is 10.6. The molecule has 1 aliphatic heterocycles. The minimum atomic E-state index is 0. The molecule has 2 atom stereocenters. The predicted molar refractivity (Wildman–Crippen MR) is 98.4 cm³/mol. The van der Waals surface area contributed by atoms with Crippen LogP contribution < -0.4 is 5.32 Å². The number of benzene rings is 1. The molecule has 0 amide bonds. The predicted octanol–water partition coefficient (Wildman–Crippen LogP) is 3.66. The van der Waals surface area contributed by atoms with Gasteiger partial charge in [-0.1, -0.05) is 36.4 Å². The lowest BCUT2D eigenvalue weighted by molar-refractivity contribution is -0.0164. The highest BCUT2D eigenvalue weighted by atomic mass is 35.5. The van der Waals surface area contributed by atoms with Gasteiger partial charge in [-0.25, -0.2) is 0 Å². The lowest BCUT2D eigenvalue weighted by Gasteiger charge is -2.32. The summed E-state index contributed by atoms with van der Waals surface area (Å²) in [4.78, 5) is 4.33. The molecule has 0 bridgehead atoms. The number of nitrogens with zero attached hydrogens (tertiary/aromatic N) is 1. The molecule has 126 valence electrons. The molecule has 1 aromatic heterocycles. The number of hydrogen-bond acceptors (Lipinski definition) is 3. The summed E-state index contributed by atoms with van der Waals surface area (Å²) in [6.07, 6.45) is 4.28. The Morgan fingerprint density at radius 2 is 1.83 bits per heavy atom. The molecular formula is C18H24Cl2N2O. The number of aromatic nitrogens is 1. The SMILES string of the molecule is Cl.Cl.c1ccc(C[C@@H]2CNCC[C@@H]2OCc2ccccn2)cc1. The fraction of sp³-hybridized carbons (Fsp3) is 0.389. The number of halogens is 2. The zero-order valence-corrected chi connectivity index (χ0v) is 14.7. The van der Waals surface area contributed by atoms with E-state index in [1.54, 1.807) is 0 Å². The number of nitrogens with one attached hydrogen (secondary N) is 1. The van der Waals surface area contributed by atoms with Crippen LogP contribution in [0.2, 0.25) is 0 Å². The molecule has 2 aromatic rings. The van der Waals surface area contributed by atoms with Crippen molar-refractivity contribution in [2.24, 2.45) is 5.92 Å². The Labute approximate surface area is 150 Å². The average molecular weight is 355 g/mol. The summed E-state index contributed by atoms with van der Waals surface area (Å²) in [5.41, 5.74) is 2.40. The molecule has 1 N–H and O–H groups in total. The summed E-state index contributed by atoms with van der Waals surface area (Å²) in [5, 5.41) is 3.49. The van der Waals surface area contributed by atoms with Crippen LogP contribution in [-0.2, 0) is 17.8 Å². The van der Waals surface area contributed by atoms with Crippen LogP contribution in [0.5, 0.6) is 0 Å². The first-order valence-electron chi connectivity index (χ1n) is 7.68. The van der Waals surface area contributed by atoms with Gasteiger partial charge in [0, 0.05) is 18.7 Å². The van der Waals surface area contributed by atoms with Crippen LogP contribution in [0.15, 0.2) is 54.7 Å². The summed E-state index contributed by atoms with van der Waals surface area (Å²) in [5.74, 6) is 0.532. The van der Waals surface area contributed by atoms with Gasteiger partial charge in [-0.2, -0.15) is 0 Å². The van der Waals surface area contributed by atoms with E-state index in [1.165, 1.54) is 5.56 Å². The van der Waals surface area contributed by atoms with E-state index in [9.17, 15) is 0 Å². The third-order valence-electron chi connectivity index (χ3n) is 4.05. The Morgan fingerprint density at radius 3 is 2.57 bits per heavy atom. The van der Waals surface area contributed by atoms with Gasteiger partial charge in [-0.15, -0.1) is 24.8 Å². The molecule has 3 nitrogen and oxygen atoms in total. The van der Waals surface area contributed by atoms with Crippen molar-refractivity contribution in [1.29, 1.82) is 0 Å². The highest BCUT2D eigenvalue weighted by Crippen LogP contribution is 2.21. The molecule has 1 fully saturated rings. The van der Waals surface area contributed by atoms with E-state index in [-0.39, 0.29) is 24.8 Å². The van der Waals surface area contributed by atoms with Crippen LogP contribution in [0.1, 0.15) is 17.7 Å². The molecule has 0 spiro atoms. The van der Waals surface area contributed by atoms with E-state index in [2.05, 4.69) is 40.6 Å². The van der Waals surface area contributed by atoms with Gasteiger partial charge in [0.15, 0.2) is 0 Å². The summed E-state index contributed by atoms with van der Waals surface area (Å²) >= 11 is 0. The zero-order valence-electron chi connectivity index (χ0n) is 13.1. The van der Waals surface area contributed by atoms with Crippen molar-refractivity contribution in [3.05, 3.63) is 66.0 Å². The molecule has 3 rings (SSSR count). The molecule has 23 heavy (non-hydrogen) atoms. The Morgan fingerprint density at radius 1 is 1.04 bits per heavy atom. The normalized spacial score (nSPS) is 20.2. The van der Waals surface area contributed by atoms with Crippen LogP contribution in [0.4, 0.5) is 0 Å². The standard InChI is InChI=1S/C18H22N2O.2ClH/c1-2-6-15(7-3-1)12-16-13-19-11-9-18(16)21-14-17-8-4-5-10-20-17;;/h1-8,10,16,18-19H,9,11-14H2;2*1H/t16-,18+;;/m1../s1. The molecular weight excluding hydrogens is 331 g/mol. The van der Waals surface area contributed by atoms with Gasteiger partial charge in [-0.3, -0.25) is 4.98 Å². The van der Waals surface area contributed by atoms with Gasteiger partial charge in [0.25, 0.3) is 0 Å². The number of rotatable bonds is 5. The first kappa shape index (κ1) is 19.9. The van der Waals surface area contributed by atoms with Gasteiger partial charge in [0.1, 0.15) is 0 Å². The van der Waals surface area contributed by atoms with E-state index in [0.717, 1.165) is 31.6 Å². The highest BCUT2D eigenvalue weighted by Gasteiger charge is 2.25. The fourth-order valence-electron chi connectivity index (χ4n) is 2.91. The van der Waals surface area contributed by atoms with Crippen molar-refractivity contribution in [2.45, 2.75) is 25.6 Å². The van der Waals surface area contributed by atoms with Crippen LogP contribution in [-0.4, -0.2) is 24.2 Å². The largest absolute Gasteiger partial charge is 0.372 e. The number of pyridine rings is 1. The number of ether oxygens (including phenoxy) is 1. The van der Waals surface area contributed by atoms with Crippen LogP contribution in [0.25, 0.3) is 0 Å². The third-order valence-corrected chi connectivity index (χ3v) is 4.05. The van der Waals surface area contributed by atoms with E-state index < -0.39 is 0 Å². The molecule has 0 unspecified atom stereocenters. The van der Waals surface area contributed by atoms with Crippen molar-refractivity contribution in [1.82, 2.24) is 10.3 Å². The molecule has 0 radical (unpaired) electrons. The number of hydrogen-bond donors (Lipinski definition) is 1. The van der Waals surface area contributed by atoms with Crippen LogP contribution >= 0.6 is 24.8 Å². The van der Waals surface area contributed by atoms with E-state index >= 15 is 0 Å². The smallest absolute Gasteiger partial charge is 0.0891 e. The van der Waals surface area contributed by atoms with Crippen molar-refractivity contribution < 1.29 is 4.74 Å². The zero-order chi connectivity index (χ0) is 14.3. The van der Waals surface area contributed by atoms with Gasteiger partial charge >= 0.3 is 0 Å². The van der Waals surface area contributed by atoms with Gasteiger partial charge in [-0.05, 0) is 37.1 Å². The topological polar surface area (TPSA) is 34.1 Å². The maximum absolute atomic E-state index is 6.15. The van der Waals surface area contributed by atoms with Crippen molar-refractivity contribution in [3.8, 4) is 0 Å². The minimum Gasteiger partial charge on any atom is -0.372 e. The lowest BCUT2D eigenvalue weighted by Crippen LogP contribution is -2.42. The maximum Gasteiger partial charge on any atom is 0.0891 e. The molecule has 5 heteroatoms. The average Bonchev–Trinajstić information content (AvgIpc) is 2.56. The first-order valence-corrected chi connectivity index (χ1v) is 7.68. The second-order valence-corrected chi connectivity index (χ2v) is 5.61. The third kappa shape index (κ3) is 6.11. The highest BCUT2D eigenvalue weighted by molar-refractivity contribution is 5.85. The van der Waals surface area contributed by atoms with Crippen molar-refractivity contribution in [2.75, 3.05) is 13.1 Å². The number of piperidine rings is 1. The Kier molecular flexibility index (Phi) is 9.19. The summed E-state index contributed by atoms with van der Waals surface area (Å²) in [6.45, 7) is 2.68. The van der Waals surface area contributed by atoms with Gasteiger partial charge in [0.2, 0.25) is 0 Å². The lowest BCUT2D eigenvalue weighted by atomic mass is 9.89. The minimum absolute atomic E-state index is 0. The van der Waals surface area contributed by atoms with Crippen LogP contribution in [0.3, 0.4) is 0 Å². The molecule has 1 saturated heterocycles. The maximum atomic E-state index is 6.15. The Bertz CT molecular complexity index is 539. The molecule has 0 saturated carbocycles. The molecule has 2 heterocycles. The monoisotopic (exact) mass is 354 g/mol. The first-order chi connectivity index (χ1) is 10.4. The van der Waals surface area contributed by atoms with E-state index in [0.29, 0.717) is 18.6 Å². The molecule has 1 aliphatic rings. The van der Waals surface area contributed by atoms with Crippen molar-refractivity contribution >= 4 is 24.8 Å². The fourth-order valence-corrected chi connectivity index (χ4v) is 2.91. The second-order valence-electron chi connectivity index (χ2n) is 5.61. The summed E-state index contributed by atoms with van der Waals surface area (Å²) < 4.78 is 6.15. The van der Waals surface area contributed by atoms with E-state index in [4.69, 9.17) is 4.74 Å². The molecule has 0 aliphatic carbocycles. The summed E-state index contributed by atoms with van der Waals surface area (Å²) in [7, 11) is 0. The van der Waals surface area contributed by atoms with Crippen molar-refractivity contribution in [3.63, 3.8) is 0 Å². The van der Waals surface area contributed by atoms with Gasteiger partial charge < -0.3 is 10.1 Å². The molecule has 1 aromatic carbocycles. The Hall–Kier alpha value is -1.13.